The van der Waals surface area contributed by atoms with Gasteiger partial charge in [0.05, 0.1) is 33.1 Å². The summed E-state index contributed by atoms with van der Waals surface area (Å²) in [6.07, 6.45) is 1.16. The summed E-state index contributed by atoms with van der Waals surface area (Å²) in [5.74, 6) is 0. The van der Waals surface area contributed by atoms with E-state index in [1.54, 1.807) is 0 Å². The lowest BCUT2D eigenvalue weighted by molar-refractivity contribution is 0.563. The molecule has 4 aromatic heterocycles. The van der Waals surface area contributed by atoms with Gasteiger partial charge < -0.3 is 23.2 Å². The van der Waals surface area contributed by atoms with Crippen LogP contribution in [-0.2, 0) is 0 Å². The fourth-order valence-electron chi connectivity index (χ4n) is 11.9. The molecule has 0 saturated carbocycles. The molecular formula is C70H53N5. The summed E-state index contributed by atoms with van der Waals surface area (Å²) in [6, 6.07) is 97.0. The van der Waals surface area contributed by atoms with Gasteiger partial charge in [0.25, 0.3) is 0 Å². The van der Waals surface area contributed by atoms with E-state index in [0.717, 1.165) is 40.5 Å². The number of anilines is 3. The summed E-state index contributed by atoms with van der Waals surface area (Å²) in [5.41, 5.74) is 16.6. The third-order valence-electron chi connectivity index (χ3n) is 15.5. The van der Waals surface area contributed by atoms with Crippen LogP contribution >= 0.6 is 0 Å². The van der Waals surface area contributed by atoms with Crippen molar-refractivity contribution < 1.29 is 0 Å². The standard InChI is InChI=1S/C54H36N4.C16H17N/c1-7-19-49-43(13-1)44-14-2-8-20-50(44)56(49)40-31-25-37(26-32-40)55(38-27-33-41(34-28-38)57-51-21-9-3-15-45(51)46-16-4-10-22-52(46)57)39-29-35-42(36-30-39)58-53-23-11-5-17-47(53)48-18-6-12-24-54(48)58;1-3-12(2)17-15-10-6-4-8-13(15)14-9-5-7-11-16(14)17/h1-36H;4-12H,3H2,1-2H3. The van der Waals surface area contributed by atoms with E-state index in [1.165, 1.54) is 87.2 Å². The fraction of sp³-hybridized carbons (Fsp3) is 0.0571. The number of nitrogens with zero attached hydrogens (tertiary/aromatic N) is 5. The average molecular weight is 964 g/mol. The Morgan fingerprint density at radius 2 is 0.467 bits per heavy atom. The maximum atomic E-state index is 2.46. The van der Waals surface area contributed by atoms with Crippen molar-refractivity contribution in [2.75, 3.05) is 4.90 Å². The van der Waals surface area contributed by atoms with Crippen molar-refractivity contribution in [3.63, 3.8) is 0 Å². The topological polar surface area (TPSA) is 23.0 Å². The van der Waals surface area contributed by atoms with Crippen molar-refractivity contribution in [3.05, 3.63) is 267 Å². The molecule has 0 aliphatic carbocycles. The third kappa shape index (κ3) is 7.22. The molecule has 4 heterocycles. The molecule has 0 bridgehead atoms. The van der Waals surface area contributed by atoms with Gasteiger partial charge in [-0.2, -0.15) is 0 Å². The predicted octanol–water partition coefficient (Wildman–Crippen LogP) is 19.2. The molecule has 5 heteroatoms. The SMILES string of the molecule is CCC(C)n1c2ccccc2c2ccccc21.c1ccc2c(c1)c1ccccc1n2-c1ccc(N(c2ccc(-n3c4ccccc4c4ccccc43)cc2)c2ccc(-n3c4ccccc4c4ccccc43)cc2)cc1. The summed E-state index contributed by atoms with van der Waals surface area (Å²) in [5, 5.41) is 10.3. The second-order valence-corrected chi connectivity index (χ2v) is 19.7. The third-order valence-corrected chi connectivity index (χ3v) is 15.5. The summed E-state index contributed by atoms with van der Waals surface area (Å²) < 4.78 is 9.59. The van der Waals surface area contributed by atoms with E-state index in [-0.39, 0.29) is 0 Å². The lowest BCUT2D eigenvalue weighted by atomic mass is 10.1. The monoisotopic (exact) mass is 963 g/mol. The molecule has 0 saturated heterocycles. The molecule has 0 fully saturated rings. The first-order valence-electron chi connectivity index (χ1n) is 26.2. The summed E-state index contributed by atoms with van der Waals surface area (Å²) in [4.78, 5) is 2.36. The second kappa shape index (κ2) is 18.2. The van der Waals surface area contributed by atoms with Gasteiger partial charge in [-0.1, -0.05) is 153 Å². The van der Waals surface area contributed by atoms with Gasteiger partial charge in [0.2, 0.25) is 0 Å². The van der Waals surface area contributed by atoms with Crippen LogP contribution in [0, 0.1) is 0 Å². The van der Waals surface area contributed by atoms with Gasteiger partial charge >= 0.3 is 0 Å². The Morgan fingerprint density at radius 3 is 0.693 bits per heavy atom. The van der Waals surface area contributed by atoms with Gasteiger partial charge in [-0.15, -0.1) is 0 Å². The highest BCUT2D eigenvalue weighted by molar-refractivity contribution is 6.12. The van der Waals surface area contributed by atoms with Gasteiger partial charge in [0.15, 0.2) is 0 Å². The van der Waals surface area contributed by atoms with E-state index in [1.807, 2.05) is 0 Å². The lowest BCUT2D eigenvalue weighted by Crippen LogP contribution is -2.10. The van der Waals surface area contributed by atoms with Crippen LogP contribution in [0.15, 0.2) is 267 Å². The van der Waals surface area contributed by atoms with Crippen LogP contribution in [-0.4, -0.2) is 18.3 Å². The Kier molecular flexibility index (Phi) is 10.7. The average Bonchev–Trinajstić information content (AvgIpc) is 4.21. The van der Waals surface area contributed by atoms with Gasteiger partial charge in [0, 0.05) is 94.3 Å². The van der Waals surface area contributed by atoms with Gasteiger partial charge in [0.1, 0.15) is 0 Å². The minimum atomic E-state index is 0.541. The summed E-state index contributed by atoms with van der Waals surface area (Å²) in [6.45, 7) is 4.53. The molecule has 5 nitrogen and oxygen atoms in total. The van der Waals surface area contributed by atoms with Crippen molar-refractivity contribution in [2.24, 2.45) is 0 Å². The number of hydrogen-bond donors (Lipinski definition) is 0. The predicted molar refractivity (Wildman–Crippen MR) is 319 cm³/mol. The van der Waals surface area contributed by atoms with E-state index in [0.29, 0.717) is 6.04 Å². The molecular weight excluding hydrogens is 911 g/mol. The van der Waals surface area contributed by atoms with E-state index >= 15 is 0 Å². The van der Waals surface area contributed by atoms with Crippen molar-refractivity contribution in [1.82, 2.24) is 18.3 Å². The Labute approximate surface area is 435 Å². The molecule has 11 aromatic carbocycles. The quantitative estimate of drug-likeness (QED) is 0.149. The molecule has 0 aliphatic heterocycles. The summed E-state index contributed by atoms with van der Waals surface area (Å²) >= 11 is 0. The molecule has 1 atom stereocenters. The number of rotatable bonds is 8. The smallest absolute Gasteiger partial charge is 0.0541 e. The van der Waals surface area contributed by atoms with Crippen LogP contribution in [0.2, 0.25) is 0 Å². The number of aromatic nitrogens is 4. The Hall–Kier alpha value is -9.58. The van der Waals surface area contributed by atoms with Gasteiger partial charge in [-0.25, -0.2) is 0 Å². The molecule has 358 valence electrons. The van der Waals surface area contributed by atoms with Crippen LogP contribution in [0.25, 0.3) is 104 Å². The Balaban J connectivity index is 0.000000257. The zero-order chi connectivity index (χ0) is 50.0. The van der Waals surface area contributed by atoms with Crippen molar-refractivity contribution in [1.29, 1.82) is 0 Å². The van der Waals surface area contributed by atoms with E-state index in [9.17, 15) is 0 Å². The first-order chi connectivity index (χ1) is 37.1. The highest BCUT2D eigenvalue weighted by Gasteiger charge is 2.19. The molecule has 0 spiro atoms. The van der Waals surface area contributed by atoms with E-state index in [4.69, 9.17) is 0 Å². The first kappa shape index (κ1) is 44.1. The zero-order valence-electron chi connectivity index (χ0n) is 41.9. The van der Waals surface area contributed by atoms with Crippen LogP contribution < -0.4 is 4.90 Å². The molecule has 0 aliphatic rings. The van der Waals surface area contributed by atoms with Crippen LogP contribution in [0.5, 0.6) is 0 Å². The Morgan fingerprint density at radius 1 is 0.267 bits per heavy atom. The maximum Gasteiger partial charge on any atom is 0.0541 e. The van der Waals surface area contributed by atoms with Crippen molar-refractivity contribution in [2.45, 2.75) is 26.3 Å². The van der Waals surface area contributed by atoms with Gasteiger partial charge in [-0.05, 0) is 135 Å². The van der Waals surface area contributed by atoms with E-state index < -0.39 is 0 Å². The lowest BCUT2D eigenvalue weighted by Gasteiger charge is -2.26. The highest BCUT2D eigenvalue weighted by atomic mass is 15.1. The summed E-state index contributed by atoms with van der Waals surface area (Å²) in [7, 11) is 0. The zero-order valence-corrected chi connectivity index (χ0v) is 41.9. The highest BCUT2D eigenvalue weighted by Crippen LogP contribution is 2.40. The van der Waals surface area contributed by atoms with E-state index in [2.05, 4.69) is 304 Å². The minimum absolute atomic E-state index is 0.541. The van der Waals surface area contributed by atoms with Crippen LogP contribution in [0.1, 0.15) is 26.3 Å². The largest absolute Gasteiger partial charge is 0.338 e. The Bertz CT molecular complexity index is 4000. The molecule has 15 rings (SSSR count). The first-order valence-corrected chi connectivity index (χ1v) is 26.2. The number of hydrogen-bond acceptors (Lipinski definition) is 1. The molecule has 1 unspecified atom stereocenters. The molecule has 0 amide bonds. The molecule has 0 N–H and O–H groups in total. The maximum absolute atomic E-state index is 2.46. The normalized spacial score (nSPS) is 12.1. The van der Waals surface area contributed by atoms with Crippen LogP contribution in [0.3, 0.4) is 0 Å². The number of benzene rings is 11. The number of para-hydroxylation sites is 8. The molecule has 75 heavy (non-hydrogen) atoms. The fourth-order valence-corrected chi connectivity index (χ4v) is 11.9. The van der Waals surface area contributed by atoms with Gasteiger partial charge in [-0.3, -0.25) is 0 Å². The van der Waals surface area contributed by atoms with Crippen molar-refractivity contribution >= 4 is 104 Å². The van der Waals surface area contributed by atoms with Crippen molar-refractivity contribution in [3.8, 4) is 17.1 Å². The number of fused-ring (bicyclic) bond motifs is 12. The minimum Gasteiger partial charge on any atom is -0.338 e. The second-order valence-electron chi connectivity index (χ2n) is 19.7. The molecule has 0 radical (unpaired) electrons. The molecule has 15 aromatic rings. The van der Waals surface area contributed by atoms with Crippen LogP contribution in [0.4, 0.5) is 17.1 Å².